The third-order valence-corrected chi connectivity index (χ3v) is 18.7. The topological polar surface area (TPSA) is 314 Å². The van der Waals surface area contributed by atoms with Crippen LogP contribution in [0.25, 0.3) is 66.8 Å². The second-order valence-electron chi connectivity index (χ2n) is 25.2. The number of amides is 2. The maximum Gasteiger partial charge on any atom is 0.323 e. The molecule has 0 atom stereocenters. The number of carboxylic acid groups (broad SMARTS) is 5. The van der Waals surface area contributed by atoms with Gasteiger partial charge in [0.1, 0.15) is 80.1 Å². The van der Waals surface area contributed by atoms with Crippen molar-refractivity contribution in [2.45, 2.75) is 12.8 Å². The van der Waals surface area contributed by atoms with E-state index < -0.39 is 61.3 Å². The summed E-state index contributed by atoms with van der Waals surface area (Å²) in [5.41, 5.74) is 7.85. The van der Waals surface area contributed by atoms with E-state index in [4.69, 9.17) is 18.3 Å². The number of anilines is 6. The molecule has 0 radical (unpaired) electrons. The highest BCUT2D eigenvalue weighted by Crippen LogP contribution is 2.45. The van der Waals surface area contributed by atoms with Gasteiger partial charge in [0.2, 0.25) is 22.5 Å². The zero-order chi connectivity index (χ0) is 68.8. The first-order valence-electron chi connectivity index (χ1n) is 32.4. The van der Waals surface area contributed by atoms with Crippen LogP contribution in [-0.4, -0.2) is 149 Å². The second kappa shape index (κ2) is 26.8. The molecule has 0 aromatic heterocycles. The number of aromatic carboxylic acids is 2. The molecule has 6 aliphatic heterocycles. The fourth-order valence-corrected chi connectivity index (χ4v) is 13.3. The van der Waals surface area contributed by atoms with Gasteiger partial charge in [-0.05, 0) is 78.2 Å². The van der Waals surface area contributed by atoms with Crippen LogP contribution in [0.4, 0.5) is 34.1 Å². The molecule has 8 aliphatic rings. The number of ether oxygens (including phenoxy) is 2. The fourth-order valence-electron chi connectivity index (χ4n) is 13.3. The predicted octanol–water partition coefficient (Wildman–Crippen LogP) is 5.91. The molecule has 0 bridgehead atoms. The van der Waals surface area contributed by atoms with E-state index in [-0.39, 0.29) is 59.0 Å². The van der Waals surface area contributed by atoms with Gasteiger partial charge in [0, 0.05) is 137 Å². The second-order valence-corrected chi connectivity index (χ2v) is 25.2. The van der Waals surface area contributed by atoms with Gasteiger partial charge in [-0.2, -0.15) is 0 Å². The Morgan fingerprint density at radius 1 is 0.525 bits per heavy atom. The highest BCUT2D eigenvalue weighted by molar-refractivity contribution is 6.09. The largest absolute Gasteiger partial charge is 0.545 e. The van der Waals surface area contributed by atoms with Crippen molar-refractivity contribution in [2.24, 2.45) is 11.8 Å². The van der Waals surface area contributed by atoms with E-state index in [1.807, 2.05) is 82.3 Å². The number of hydrogen-bond donors (Lipinski definition) is 5. The zero-order valence-electron chi connectivity index (χ0n) is 53.6. The summed E-state index contributed by atoms with van der Waals surface area (Å²) in [5.74, 6) is -6.60. The number of carboxylic acids is 5. The van der Waals surface area contributed by atoms with E-state index in [1.54, 1.807) is 61.6 Å². The number of rotatable bonds is 23. The average molecular weight is 1340 g/mol. The van der Waals surface area contributed by atoms with Crippen molar-refractivity contribution in [3.63, 3.8) is 0 Å². The Kier molecular flexibility index (Phi) is 17.3. The Labute approximate surface area is 565 Å². The molecule has 14 rings (SSSR count). The maximum atomic E-state index is 14.0. The Hall–Kier alpha value is -12.2. The van der Waals surface area contributed by atoms with Crippen molar-refractivity contribution in [1.82, 2.24) is 9.15 Å². The zero-order valence-corrected chi connectivity index (χ0v) is 53.6. The van der Waals surface area contributed by atoms with Crippen molar-refractivity contribution in [3.8, 4) is 56.4 Å². The van der Waals surface area contributed by atoms with Gasteiger partial charge in [-0.25, -0.2) is 9.15 Å². The van der Waals surface area contributed by atoms with Crippen LogP contribution in [0.15, 0.2) is 167 Å². The molecule has 6 heterocycles. The van der Waals surface area contributed by atoms with Gasteiger partial charge in [-0.1, -0.05) is 48.5 Å². The average Bonchev–Trinajstić information content (AvgIpc) is 0.746. The summed E-state index contributed by atoms with van der Waals surface area (Å²) in [4.78, 5) is 95.8. The smallest absolute Gasteiger partial charge is 0.323 e. The van der Waals surface area contributed by atoms with Gasteiger partial charge in [-0.3, -0.25) is 24.0 Å². The van der Waals surface area contributed by atoms with Crippen LogP contribution in [0, 0.1) is 11.8 Å². The molecule has 24 nitrogen and oxygen atoms in total. The Bertz CT molecular complexity index is 5020. The first kappa shape index (κ1) is 64.1. The number of carbonyl (C=O) groups is 7. The summed E-state index contributed by atoms with van der Waals surface area (Å²) in [5, 5.41) is 63.5. The summed E-state index contributed by atoms with van der Waals surface area (Å²) in [6.07, 6.45) is 2.16. The quantitative estimate of drug-likeness (QED) is 0.0282. The normalized spacial score (nSPS) is 15.0. The number of nitrogens with one attached hydrogen (secondary N) is 2. The van der Waals surface area contributed by atoms with Gasteiger partial charge < -0.3 is 83.7 Å². The first-order valence-corrected chi connectivity index (χ1v) is 32.4. The lowest BCUT2D eigenvalue weighted by Crippen LogP contribution is -2.53. The van der Waals surface area contributed by atoms with Gasteiger partial charge in [-0.15, -0.1) is 0 Å². The minimum atomic E-state index is -1.31. The third kappa shape index (κ3) is 13.1. The van der Waals surface area contributed by atoms with E-state index in [0.29, 0.717) is 93.4 Å². The molecule has 6 aromatic carbocycles. The molecule has 2 amide bonds. The van der Waals surface area contributed by atoms with Crippen molar-refractivity contribution >= 4 is 97.7 Å². The lowest BCUT2D eigenvalue weighted by atomic mass is 9.90. The molecule has 0 spiro atoms. The van der Waals surface area contributed by atoms with Crippen LogP contribution in [0.5, 0.6) is 11.5 Å². The summed E-state index contributed by atoms with van der Waals surface area (Å²) >= 11 is 0. The molecule has 4 saturated heterocycles. The lowest BCUT2D eigenvalue weighted by molar-refractivity contribution is -0.256. The molecule has 5 N–H and O–H groups in total. The van der Waals surface area contributed by atoms with Crippen LogP contribution in [0.3, 0.4) is 0 Å². The highest BCUT2D eigenvalue weighted by atomic mass is 16.5. The van der Waals surface area contributed by atoms with E-state index in [1.165, 1.54) is 35.2 Å². The van der Waals surface area contributed by atoms with E-state index in [2.05, 4.69) is 20.1 Å². The maximum absolute atomic E-state index is 14.0. The minimum Gasteiger partial charge on any atom is -0.545 e. The van der Waals surface area contributed by atoms with E-state index >= 15 is 0 Å². The predicted molar refractivity (Wildman–Crippen MR) is 365 cm³/mol. The van der Waals surface area contributed by atoms with Crippen LogP contribution in [0.2, 0.25) is 0 Å². The van der Waals surface area contributed by atoms with Crippen molar-refractivity contribution in [1.29, 1.82) is 0 Å². The molecular formula is C75H66N8O16. The molecule has 502 valence electrons. The van der Waals surface area contributed by atoms with Crippen LogP contribution < -0.4 is 69.8 Å². The fraction of sp³-hybridized carbons (Fsp3) is 0.240. The number of carbonyl (C=O) groups excluding carboxylic acids is 4. The Morgan fingerprint density at radius 3 is 1.49 bits per heavy atom. The number of likely N-dealkylation sites (N-methyl/N-ethyl adjacent to an activating group) is 1. The molecule has 2 aliphatic carbocycles. The van der Waals surface area contributed by atoms with Gasteiger partial charge >= 0.3 is 17.9 Å². The summed E-state index contributed by atoms with van der Waals surface area (Å²) in [7, 11) is 1.56. The van der Waals surface area contributed by atoms with Gasteiger partial charge in [0.15, 0.2) is 19.0 Å². The van der Waals surface area contributed by atoms with E-state index in [0.717, 1.165) is 77.0 Å². The first-order chi connectivity index (χ1) is 47.9. The van der Waals surface area contributed by atoms with Crippen molar-refractivity contribution in [3.05, 3.63) is 180 Å². The number of aliphatic carboxylic acids is 3. The molecule has 0 saturated carbocycles. The van der Waals surface area contributed by atoms with Crippen molar-refractivity contribution in [2.75, 3.05) is 122 Å². The lowest BCUT2D eigenvalue weighted by Gasteiger charge is -2.40. The standard InChI is InChI=1S/C75H66N8O16/c1-78(40-67(84)85)59-22-12-45(76-72(90)43-36-81(37-43)49-16-20-57-63(34-49)98-61-32-47(79-24-6-25-79)14-18-55(61)70(57)51-8-2-4-10-53(51)74(92)93)30-65(59)96-28-29-97-66-31-46(13-23-60(66)83(41-68(86)87)42-69(88)89)77-73(91)44-38-82(39-44)50-17-21-58-64(35-50)99-62-33-48(80-26-7-27-80)15-19-56(62)71(58)52-9-3-5-11-54(52)75(94)95/h2-5,8-23,30-35,43-44H,6-7,24-29,36-42H2,1H3,(H5-2,76,77,84,85,86,87,88,89,90,91,92,93,94,95). The van der Waals surface area contributed by atoms with Crippen LogP contribution >= 0.6 is 0 Å². The number of nitrogens with zero attached hydrogens (tertiary/aromatic N) is 6. The van der Waals surface area contributed by atoms with Crippen LogP contribution in [0.1, 0.15) is 33.6 Å². The summed E-state index contributed by atoms with van der Waals surface area (Å²) in [6.45, 7) is 2.76. The Balaban J connectivity index is 0.665. The number of fused-ring (bicyclic) bond motifs is 4. The molecular weight excluding hydrogens is 1270 g/mol. The Morgan fingerprint density at radius 2 is 1.01 bits per heavy atom. The molecule has 24 heteroatoms. The van der Waals surface area contributed by atoms with E-state index in [9.17, 15) is 59.1 Å². The summed E-state index contributed by atoms with van der Waals surface area (Å²) < 4.78 is 30.0. The molecule has 99 heavy (non-hydrogen) atoms. The molecule has 6 aromatic rings. The molecule has 0 unspecified atom stereocenters. The molecule has 4 fully saturated rings. The summed E-state index contributed by atoms with van der Waals surface area (Å²) in [6, 6.07) is 45.9. The van der Waals surface area contributed by atoms with Crippen molar-refractivity contribution < 1.29 is 77.4 Å². The number of hydrogen-bond acceptors (Lipinski definition) is 17. The third-order valence-electron chi connectivity index (χ3n) is 18.7. The van der Waals surface area contributed by atoms with Crippen LogP contribution in [-0.2, 0) is 24.0 Å². The van der Waals surface area contributed by atoms with Gasteiger partial charge in [0.25, 0.3) is 0 Å². The highest BCUT2D eigenvalue weighted by Gasteiger charge is 2.39. The monoisotopic (exact) mass is 1330 g/mol. The SMILES string of the molecule is CN(CC(=O)O)c1ccc(NC(=O)C2C[N+](=c3ccc4c(-c5ccccc5C(=O)[O-])c5ccc(N6CCC6)cc5oc-4c3)C2)cc1OCCOc1cc(NC(=O)C2CN(c3ccc4c(-c5ccccc5C(=O)[O-])c5ccc(=[N+]6CCC6)cc-5oc4c3)C2)ccc1N(CC(=O)O)CC(=O)O. The number of benzene rings is 8. The van der Waals surface area contributed by atoms with Gasteiger partial charge in [0.05, 0.1) is 47.8 Å². The minimum absolute atomic E-state index is 0.0192.